The van der Waals surface area contributed by atoms with Crippen LogP contribution in [0.2, 0.25) is 0 Å². The molecule has 0 saturated carbocycles. The van der Waals surface area contributed by atoms with E-state index in [1.807, 2.05) is 20.2 Å². The Bertz CT molecular complexity index is 536. The summed E-state index contributed by atoms with van der Waals surface area (Å²) in [5.74, 6) is -0.718. The minimum atomic E-state index is -0.765. The van der Waals surface area contributed by atoms with Gasteiger partial charge < -0.3 is 10.0 Å². The van der Waals surface area contributed by atoms with Crippen LogP contribution in [0.5, 0.6) is 0 Å². The van der Waals surface area contributed by atoms with E-state index in [-0.39, 0.29) is 5.91 Å². The van der Waals surface area contributed by atoms with E-state index in [1.54, 1.807) is 15.8 Å². The molecule has 0 spiro atoms. The van der Waals surface area contributed by atoms with Crippen molar-refractivity contribution in [1.29, 1.82) is 0 Å². The standard InChI is InChI=1S/C16H25N3O3/c1-3-7-16(15(21)22)8-4-9-19(12-16)14(20)6-5-13-10-17-18(2)11-13/h10-11H,3-9,12H2,1-2H3,(H,21,22)/t16-/m1/s1. The summed E-state index contributed by atoms with van der Waals surface area (Å²) in [6.45, 7) is 3.01. The molecule has 0 radical (unpaired) electrons. The molecule has 22 heavy (non-hydrogen) atoms. The van der Waals surface area contributed by atoms with E-state index in [0.717, 1.165) is 18.4 Å². The van der Waals surface area contributed by atoms with E-state index in [1.165, 1.54) is 0 Å². The number of hydrogen-bond donors (Lipinski definition) is 1. The monoisotopic (exact) mass is 307 g/mol. The number of nitrogens with zero attached hydrogens (tertiary/aromatic N) is 3. The third kappa shape index (κ3) is 3.67. The first kappa shape index (κ1) is 16.5. The average molecular weight is 307 g/mol. The number of rotatable bonds is 6. The van der Waals surface area contributed by atoms with Crippen LogP contribution in [-0.4, -0.2) is 44.8 Å². The van der Waals surface area contributed by atoms with Crippen LogP contribution in [0.25, 0.3) is 0 Å². The number of piperidine rings is 1. The van der Waals surface area contributed by atoms with Gasteiger partial charge in [0.15, 0.2) is 0 Å². The molecule has 6 nitrogen and oxygen atoms in total. The summed E-state index contributed by atoms with van der Waals surface area (Å²) < 4.78 is 1.72. The lowest BCUT2D eigenvalue weighted by atomic mass is 9.76. The summed E-state index contributed by atoms with van der Waals surface area (Å²) in [7, 11) is 1.85. The van der Waals surface area contributed by atoms with Gasteiger partial charge in [0.05, 0.1) is 11.6 Å². The number of amides is 1. The summed E-state index contributed by atoms with van der Waals surface area (Å²) in [6.07, 6.45) is 7.63. The molecule has 1 aliphatic rings. The molecule has 0 unspecified atom stereocenters. The molecule has 1 saturated heterocycles. The van der Waals surface area contributed by atoms with Gasteiger partial charge in [-0.15, -0.1) is 0 Å². The fourth-order valence-electron chi connectivity index (χ4n) is 3.32. The summed E-state index contributed by atoms with van der Waals surface area (Å²) in [5.41, 5.74) is 0.280. The van der Waals surface area contributed by atoms with Crippen molar-refractivity contribution in [2.24, 2.45) is 12.5 Å². The highest BCUT2D eigenvalue weighted by atomic mass is 16.4. The number of carboxylic acids is 1. The second kappa shape index (κ2) is 6.94. The highest BCUT2D eigenvalue weighted by molar-refractivity contribution is 5.80. The summed E-state index contributed by atoms with van der Waals surface area (Å²) in [5, 5.41) is 13.7. The Labute approximate surface area is 131 Å². The Hall–Kier alpha value is -1.85. The highest BCUT2D eigenvalue weighted by Crippen LogP contribution is 2.35. The number of likely N-dealkylation sites (tertiary alicyclic amines) is 1. The van der Waals surface area contributed by atoms with Crippen molar-refractivity contribution in [3.05, 3.63) is 18.0 Å². The van der Waals surface area contributed by atoms with Gasteiger partial charge in [0.1, 0.15) is 0 Å². The lowest BCUT2D eigenvalue weighted by Gasteiger charge is -2.40. The van der Waals surface area contributed by atoms with Crippen LogP contribution in [0.15, 0.2) is 12.4 Å². The number of carbonyl (C=O) groups excluding carboxylic acids is 1. The number of carboxylic acid groups (broad SMARTS) is 1. The van der Waals surface area contributed by atoms with Gasteiger partial charge in [-0.1, -0.05) is 13.3 Å². The van der Waals surface area contributed by atoms with E-state index < -0.39 is 11.4 Å². The number of aromatic nitrogens is 2. The molecule has 0 aliphatic carbocycles. The van der Waals surface area contributed by atoms with Crippen LogP contribution in [0.1, 0.15) is 44.6 Å². The third-order valence-corrected chi connectivity index (χ3v) is 4.50. The van der Waals surface area contributed by atoms with Crippen LogP contribution >= 0.6 is 0 Å². The van der Waals surface area contributed by atoms with Gasteiger partial charge in [0.25, 0.3) is 0 Å². The highest BCUT2D eigenvalue weighted by Gasteiger charge is 2.42. The minimum absolute atomic E-state index is 0.0466. The molecule has 1 aromatic heterocycles. The second-order valence-electron chi connectivity index (χ2n) is 6.28. The van der Waals surface area contributed by atoms with Gasteiger partial charge >= 0.3 is 5.97 Å². The van der Waals surface area contributed by atoms with Crippen LogP contribution in [0.4, 0.5) is 0 Å². The van der Waals surface area contributed by atoms with E-state index in [0.29, 0.717) is 38.8 Å². The van der Waals surface area contributed by atoms with Crippen molar-refractivity contribution < 1.29 is 14.7 Å². The molecule has 6 heteroatoms. The summed E-state index contributed by atoms with van der Waals surface area (Å²) >= 11 is 0. The molecular formula is C16H25N3O3. The molecule has 1 aliphatic heterocycles. The maximum atomic E-state index is 12.4. The number of carbonyl (C=O) groups is 2. The zero-order chi connectivity index (χ0) is 16.2. The molecular weight excluding hydrogens is 282 g/mol. The molecule has 0 bridgehead atoms. The largest absolute Gasteiger partial charge is 0.481 e. The molecule has 1 aromatic rings. The van der Waals surface area contributed by atoms with Gasteiger partial charge in [-0.3, -0.25) is 14.3 Å². The predicted octanol–water partition coefficient (Wildman–Crippen LogP) is 1.85. The van der Waals surface area contributed by atoms with Crippen LogP contribution in [0.3, 0.4) is 0 Å². The average Bonchev–Trinajstić information content (AvgIpc) is 2.91. The number of aryl methyl sites for hydroxylation is 2. The molecule has 122 valence electrons. The molecule has 2 heterocycles. The van der Waals surface area contributed by atoms with Gasteiger partial charge in [-0.05, 0) is 31.2 Å². The summed E-state index contributed by atoms with van der Waals surface area (Å²) in [6, 6.07) is 0. The van der Waals surface area contributed by atoms with E-state index in [2.05, 4.69) is 5.10 Å². The van der Waals surface area contributed by atoms with Crippen molar-refractivity contribution in [3.63, 3.8) is 0 Å². The van der Waals surface area contributed by atoms with Gasteiger partial charge in [0, 0.05) is 32.8 Å². The first-order valence-corrected chi connectivity index (χ1v) is 7.95. The molecule has 1 N–H and O–H groups in total. The van der Waals surface area contributed by atoms with Crippen LogP contribution in [0, 0.1) is 5.41 Å². The Morgan fingerprint density at radius 2 is 2.23 bits per heavy atom. The van der Waals surface area contributed by atoms with Gasteiger partial charge in [-0.2, -0.15) is 5.10 Å². The van der Waals surface area contributed by atoms with Gasteiger partial charge in [-0.25, -0.2) is 0 Å². The van der Waals surface area contributed by atoms with Crippen molar-refractivity contribution in [2.75, 3.05) is 13.1 Å². The van der Waals surface area contributed by atoms with Crippen molar-refractivity contribution in [2.45, 2.75) is 45.4 Å². The fraction of sp³-hybridized carbons (Fsp3) is 0.688. The van der Waals surface area contributed by atoms with E-state index in [9.17, 15) is 14.7 Å². The fourth-order valence-corrected chi connectivity index (χ4v) is 3.32. The van der Waals surface area contributed by atoms with Crippen molar-refractivity contribution >= 4 is 11.9 Å². The Balaban J connectivity index is 1.95. The first-order chi connectivity index (χ1) is 10.5. The summed E-state index contributed by atoms with van der Waals surface area (Å²) in [4.78, 5) is 25.8. The topological polar surface area (TPSA) is 75.4 Å². The normalized spacial score (nSPS) is 21.8. The smallest absolute Gasteiger partial charge is 0.311 e. The molecule has 1 fully saturated rings. The van der Waals surface area contributed by atoms with Crippen molar-refractivity contribution in [3.8, 4) is 0 Å². The Morgan fingerprint density at radius 1 is 1.45 bits per heavy atom. The first-order valence-electron chi connectivity index (χ1n) is 7.95. The zero-order valence-electron chi connectivity index (χ0n) is 13.4. The van der Waals surface area contributed by atoms with Crippen LogP contribution < -0.4 is 0 Å². The zero-order valence-corrected chi connectivity index (χ0v) is 13.4. The quantitative estimate of drug-likeness (QED) is 0.870. The maximum Gasteiger partial charge on any atom is 0.311 e. The SMILES string of the molecule is CCC[C@@]1(C(=O)O)CCCN(C(=O)CCc2cnn(C)c2)C1. The van der Waals surface area contributed by atoms with Gasteiger partial charge in [0.2, 0.25) is 5.91 Å². The second-order valence-corrected chi connectivity index (χ2v) is 6.28. The molecule has 2 rings (SSSR count). The van der Waals surface area contributed by atoms with Crippen molar-refractivity contribution in [1.82, 2.24) is 14.7 Å². The maximum absolute atomic E-state index is 12.4. The van der Waals surface area contributed by atoms with E-state index >= 15 is 0 Å². The minimum Gasteiger partial charge on any atom is -0.481 e. The Kier molecular flexibility index (Phi) is 5.21. The third-order valence-electron chi connectivity index (χ3n) is 4.50. The van der Waals surface area contributed by atoms with E-state index in [4.69, 9.17) is 0 Å². The van der Waals surface area contributed by atoms with Crippen LogP contribution in [-0.2, 0) is 23.1 Å². The molecule has 0 aromatic carbocycles. The number of aliphatic carboxylic acids is 1. The lowest BCUT2D eigenvalue weighted by molar-refractivity contribution is -0.155. The molecule has 1 amide bonds. The lowest BCUT2D eigenvalue weighted by Crippen LogP contribution is -2.50. The molecule has 1 atom stereocenters. The predicted molar refractivity (Wildman–Crippen MR) is 82.3 cm³/mol. The number of hydrogen-bond acceptors (Lipinski definition) is 3. The Morgan fingerprint density at radius 3 is 2.82 bits per heavy atom.